The largest absolute Gasteiger partial charge is 0.494 e. The van der Waals surface area contributed by atoms with Gasteiger partial charge in [0.25, 0.3) is 0 Å². The summed E-state index contributed by atoms with van der Waals surface area (Å²) in [5, 5.41) is 0. The molecule has 1 atom stereocenters. The number of likely N-dealkylation sites (tertiary alicyclic amines) is 1. The Labute approximate surface area is 162 Å². The standard InChI is InChI=1S/C23H29NO3/c1-3-27-21-11-9-18(10-12-21)17-22(25)24-15-13-20(14-16-24)23(26-2)19-7-5-4-6-8-19/h4-12,20,23H,3,13-17H2,1-2H3. The molecule has 1 fully saturated rings. The Morgan fingerprint density at radius 1 is 1.07 bits per heavy atom. The summed E-state index contributed by atoms with van der Waals surface area (Å²) in [6.07, 6.45) is 2.50. The molecule has 4 nitrogen and oxygen atoms in total. The summed E-state index contributed by atoms with van der Waals surface area (Å²) in [5.41, 5.74) is 2.25. The topological polar surface area (TPSA) is 38.8 Å². The van der Waals surface area contributed by atoms with Gasteiger partial charge in [-0.15, -0.1) is 0 Å². The van der Waals surface area contributed by atoms with Gasteiger partial charge in [-0.1, -0.05) is 42.5 Å². The first-order chi connectivity index (χ1) is 13.2. The zero-order chi connectivity index (χ0) is 19.1. The normalized spacial score (nSPS) is 16.1. The zero-order valence-corrected chi connectivity index (χ0v) is 16.3. The lowest BCUT2D eigenvalue weighted by Gasteiger charge is -2.35. The van der Waals surface area contributed by atoms with Gasteiger partial charge in [0.05, 0.1) is 19.1 Å². The van der Waals surface area contributed by atoms with E-state index in [2.05, 4.69) is 24.3 Å². The Morgan fingerprint density at radius 2 is 1.74 bits per heavy atom. The lowest BCUT2D eigenvalue weighted by molar-refractivity contribution is -0.132. The smallest absolute Gasteiger partial charge is 0.226 e. The number of carbonyl (C=O) groups is 1. The monoisotopic (exact) mass is 367 g/mol. The third kappa shape index (κ3) is 5.10. The van der Waals surface area contributed by atoms with Gasteiger partial charge in [0.15, 0.2) is 0 Å². The number of amides is 1. The quantitative estimate of drug-likeness (QED) is 0.734. The van der Waals surface area contributed by atoms with Crippen molar-refractivity contribution in [2.24, 2.45) is 5.92 Å². The highest BCUT2D eigenvalue weighted by molar-refractivity contribution is 5.78. The molecule has 2 aromatic rings. The predicted molar refractivity (Wildman–Crippen MR) is 107 cm³/mol. The Morgan fingerprint density at radius 3 is 2.33 bits per heavy atom. The van der Waals surface area contributed by atoms with Crippen LogP contribution < -0.4 is 4.74 Å². The molecule has 0 aliphatic carbocycles. The molecule has 0 bridgehead atoms. The second-order valence-corrected chi connectivity index (χ2v) is 7.04. The van der Waals surface area contributed by atoms with Crippen molar-refractivity contribution >= 4 is 5.91 Å². The first-order valence-corrected chi connectivity index (χ1v) is 9.78. The van der Waals surface area contributed by atoms with E-state index in [1.54, 1.807) is 7.11 Å². The Balaban J connectivity index is 1.53. The van der Waals surface area contributed by atoms with E-state index in [4.69, 9.17) is 9.47 Å². The fourth-order valence-corrected chi connectivity index (χ4v) is 3.85. The van der Waals surface area contributed by atoms with E-state index in [-0.39, 0.29) is 12.0 Å². The summed E-state index contributed by atoms with van der Waals surface area (Å²) >= 11 is 0. The second kappa shape index (κ2) is 9.56. The fraction of sp³-hybridized carbons (Fsp3) is 0.435. The van der Waals surface area contributed by atoms with Crippen LogP contribution in [0.5, 0.6) is 5.75 Å². The molecule has 2 aromatic carbocycles. The minimum Gasteiger partial charge on any atom is -0.494 e. The van der Waals surface area contributed by atoms with Crippen molar-refractivity contribution in [2.75, 3.05) is 26.8 Å². The van der Waals surface area contributed by atoms with Crippen LogP contribution in [0.15, 0.2) is 54.6 Å². The van der Waals surface area contributed by atoms with Crippen molar-refractivity contribution in [3.63, 3.8) is 0 Å². The van der Waals surface area contributed by atoms with E-state index >= 15 is 0 Å². The summed E-state index contributed by atoms with van der Waals surface area (Å²) < 4.78 is 11.2. The number of piperidine rings is 1. The highest BCUT2D eigenvalue weighted by atomic mass is 16.5. The summed E-state index contributed by atoms with van der Waals surface area (Å²) in [6, 6.07) is 18.2. The number of benzene rings is 2. The number of hydrogen-bond donors (Lipinski definition) is 0. The van der Waals surface area contributed by atoms with Crippen LogP contribution in [-0.2, 0) is 16.0 Å². The van der Waals surface area contributed by atoms with Gasteiger partial charge in [0, 0.05) is 20.2 Å². The molecule has 1 heterocycles. The third-order valence-electron chi connectivity index (χ3n) is 5.29. The lowest BCUT2D eigenvalue weighted by atomic mass is 9.87. The molecule has 0 N–H and O–H groups in total. The number of hydrogen-bond acceptors (Lipinski definition) is 3. The van der Waals surface area contributed by atoms with Gasteiger partial charge in [0.2, 0.25) is 5.91 Å². The van der Waals surface area contributed by atoms with Crippen LogP contribution in [0.25, 0.3) is 0 Å². The van der Waals surface area contributed by atoms with Gasteiger partial charge < -0.3 is 14.4 Å². The highest BCUT2D eigenvalue weighted by Crippen LogP contribution is 2.33. The molecule has 4 heteroatoms. The molecule has 0 radical (unpaired) electrons. The van der Waals surface area contributed by atoms with Gasteiger partial charge in [-0.25, -0.2) is 0 Å². The molecule has 144 valence electrons. The van der Waals surface area contributed by atoms with Gasteiger partial charge in [0.1, 0.15) is 5.75 Å². The molecule has 3 rings (SSSR count). The van der Waals surface area contributed by atoms with Gasteiger partial charge in [-0.2, -0.15) is 0 Å². The van der Waals surface area contributed by atoms with E-state index in [9.17, 15) is 4.79 Å². The van der Waals surface area contributed by atoms with Crippen LogP contribution in [0.1, 0.15) is 37.0 Å². The molecule has 1 unspecified atom stereocenters. The number of rotatable bonds is 7. The zero-order valence-electron chi connectivity index (χ0n) is 16.3. The van der Waals surface area contributed by atoms with Crippen LogP contribution in [0.4, 0.5) is 0 Å². The van der Waals surface area contributed by atoms with Crippen LogP contribution in [-0.4, -0.2) is 37.6 Å². The summed E-state index contributed by atoms with van der Waals surface area (Å²) in [7, 11) is 1.78. The third-order valence-corrected chi connectivity index (χ3v) is 5.29. The molecule has 1 saturated heterocycles. The minimum absolute atomic E-state index is 0.106. The molecular formula is C23H29NO3. The van der Waals surface area contributed by atoms with Crippen LogP contribution in [0, 0.1) is 5.92 Å². The van der Waals surface area contributed by atoms with Crippen LogP contribution in [0.3, 0.4) is 0 Å². The summed E-state index contributed by atoms with van der Waals surface area (Å²) in [5.74, 6) is 1.50. The van der Waals surface area contributed by atoms with E-state index in [0.717, 1.165) is 37.2 Å². The summed E-state index contributed by atoms with van der Waals surface area (Å²) in [6.45, 7) is 4.21. The fourth-order valence-electron chi connectivity index (χ4n) is 3.85. The average Bonchev–Trinajstić information content (AvgIpc) is 2.71. The number of methoxy groups -OCH3 is 1. The van der Waals surface area contributed by atoms with E-state index in [0.29, 0.717) is 18.9 Å². The summed E-state index contributed by atoms with van der Waals surface area (Å²) in [4.78, 5) is 14.6. The second-order valence-electron chi connectivity index (χ2n) is 7.04. The minimum atomic E-state index is 0.106. The number of carbonyl (C=O) groups excluding carboxylic acids is 1. The van der Waals surface area contributed by atoms with E-state index in [1.807, 2.05) is 42.2 Å². The Hall–Kier alpha value is -2.33. The van der Waals surface area contributed by atoms with Crippen molar-refractivity contribution < 1.29 is 14.3 Å². The van der Waals surface area contributed by atoms with Gasteiger partial charge >= 0.3 is 0 Å². The molecule has 0 spiro atoms. The molecule has 0 saturated carbocycles. The van der Waals surface area contributed by atoms with Crippen LogP contribution in [0.2, 0.25) is 0 Å². The van der Waals surface area contributed by atoms with Gasteiger partial charge in [-0.3, -0.25) is 4.79 Å². The van der Waals surface area contributed by atoms with Crippen molar-refractivity contribution in [1.29, 1.82) is 0 Å². The van der Waals surface area contributed by atoms with Crippen molar-refractivity contribution in [1.82, 2.24) is 4.90 Å². The van der Waals surface area contributed by atoms with E-state index in [1.165, 1.54) is 5.56 Å². The molecular weight excluding hydrogens is 338 g/mol. The molecule has 1 aliphatic rings. The first-order valence-electron chi connectivity index (χ1n) is 9.78. The van der Waals surface area contributed by atoms with Crippen LogP contribution >= 0.6 is 0 Å². The maximum Gasteiger partial charge on any atom is 0.226 e. The Bertz CT molecular complexity index is 706. The predicted octanol–water partition coefficient (Wildman–Crippen LogP) is 4.25. The van der Waals surface area contributed by atoms with Crippen molar-refractivity contribution in [2.45, 2.75) is 32.3 Å². The van der Waals surface area contributed by atoms with E-state index < -0.39 is 0 Å². The maximum absolute atomic E-state index is 12.7. The number of ether oxygens (including phenoxy) is 2. The molecule has 27 heavy (non-hydrogen) atoms. The molecule has 1 amide bonds. The molecule has 1 aliphatic heterocycles. The number of nitrogens with zero attached hydrogens (tertiary/aromatic N) is 1. The van der Waals surface area contributed by atoms with Crippen molar-refractivity contribution in [3.05, 3.63) is 65.7 Å². The van der Waals surface area contributed by atoms with Crippen molar-refractivity contribution in [3.8, 4) is 5.75 Å². The molecule has 0 aromatic heterocycles. The lowest BCUT2D eigenvalue weighted by Crippen LogP contribution is -2.40. The maximum atomic E-state index is 12.7. The SMILES string of the molecule is CCOc1ccc(CC(=O)N2CCC(C(OC)c3ccccc3)CC2)cc1. The highest BCUT2D eigenvalue weighted by Gasteiger charge is 2.29. The average molecular weight is 367 g/mol. The first kappa shape index (κ1) is 19.4. The van der Waals surface area contributed by atoms with Gasteiger partial charge in [-0.05, 0) is 48.9 Å². The Kier molecular flexibility index (Phi) is 6.88.